The molecule has 2 heterocycles. The molecule has 3 aromatic rings. The van der Waals surface area contributed by atoms with Crippen LogP contribution in [-0.2, 0) is 4.79 Å². The van der Waals surface area contributed by atoms with Crippen LogP contribution in [0.1, 0.15) is 17.3 Å². The number of halogens is 1. The number of thioether (sulfide) groups is 1. The molecule has 0 bridgehead atoms. The molecule has 0 saturated heterocycles. The van der Waals surface area contributed by atoms with Crippen molar-refractivity contribution >= 4 is 62.5 Å². The minimum atomic E-state index is -1.18. The summed E-state index contributed by atoms with van der Waals surface area (Å²) in [6.07, 6.45) is 0. The maximum Gasteiger partial charge on any atom is 0.337 e. The Balaban J connectivity index is 1.80. The molecule has 0 fully saturated rings. The Morgan fingerprint density at radius 2 is 2.12 bits per heavy atom. The van der Waals surface area contributed by atoms with Gasteiger partial charge in [0.2, 0.25) is 5.91 Å². The predicted molar refractivity (Wildman–Crippen MR) is 103 cm³/mol. The molecule has 1 atom stereocenters. The first kappa shape index (κ1) is 18.4. The first-order valence-corrected chi connectivity index (χ1v) is 9.47. The second-order valence-corrected chi connectivity index (χ2v) is 7.83. The Bertz CT molecular complexity index is 1060. The topological polar surface area (TPSA) is 112 Å². The lowest BCUT2D eigenvalue weighted by atomic mass is 10.2. The van der Waals surface area contributed by atoms with Crippen molar-refractivity contribution in [2.24, 2.45) is 0 Å². The summed E-state index contributed by atoms with van der Waals surface area (Å²) in [5.74, 6) is -1.49. The molecule has 1 unspecified atom stereocenters. The van der Waals surface area contributed by atoms with Crippen molar-refractivity contribution in [3.8, 4) is 0 Å². The molecule has 0 aliphatic rings. The summed E-state index contributed by atoms with van der Waals surface area (Å²) >= 11 is 8.15. The van der Waals surface area contributed by atoms with Crippen molar-refractivity contribution < 1.29 is 14.7 Å². The SMILES string of the molecule is CC(Sc1nc2scc(C(=O)O)c2c(=O)[nH]1)C(=O)Nc1ccccc1Cl. The highest BCUT2D eigenvalue weighted by molar-refractivity contribution is 8.00. The molecule has 10 heteroatoms. The number of aromatic carboxylic acids is 1. The normalized spacial score (nSPS) is 12.1. The summed E-state index contributed by atoms with van der Waals surface area (Å²) in [5, 5.41) is 13.3. The average Bonchev–Trinajstić information content (AvgIpc) is 3.01. The van der Waals surface area contributed by atoms with E-state index in [1.54, 1.807) is 31.2 Å². The minimum absolute atomic E-state index is 0.0417. The van der Waals surface area contributed by atoms with Gasteiger partial charge in [-0.3, -0.25) is 9.59 Å². The number of rotatable bonds is 5. The molecule has 2 aromatic heterocycles. The van der Waals surface area contributed by atoms with E-state index in [1.165, 1.54) is 5.38 Å². The summed E-state index contributed by atoms with van der Waals surface area (Å²) in [6.45, 7) is 1.66. The molecule has 0 spiro atoms. The van der Waals surface area contributed by atoms with E-state index in [4.69, 9.17) is 16.7 Å². The van der Waals surface area contributed by atoms with E-state index in [1.807, 2.05) is 0 Å². The Hall–Kier alpha value is -2.36. The summed E-state index contributed by atoms with van der Waals surface area (Å²) in [5.41, 5.74) is -0.137. The van der Waals surface area contributed by atoms with Gasteiger partial charge in [0, 0.05) is 5.38 Å². The molecular weight excluding hydrogens is 398 g/mol. The van der Waals surface area contributed by atoms with E-state index in [9.17, 15) is 14.4 Å². The molecule has 1 aromatic carbocycles. The van der Waals surface area contributed by atoms with Gasteiger partial charge in [0.15, 0.2) is 5.16 Å². The summed E-state index contributed by atoms with van der Waals surface area (Å²) in [6, 6.07) is 6.86. The van der Waals surface area contributed by atoms with Crippen LogP contribution in [0.2, 0.25) is 5.02 Å². The van der Waals surface area contributed by atoms with Gasteiger partial charge in [-0.1, -0.05) is 35.5 Å². The smallest absolute Gasteiger partial charge is 0.337 e. The van der Waals surface area contributed by atoms with E-state index < -0.39 is 16.8 Å². The number of thiophene rings is 1. The molecule has 3 rings (SSSR count). The third-order valence-corrected chi connectivity index (χ3v) is 5.63. The highest BCUT2D eigenvalue weighted by atomic mass is 35.5. The van der Waals surface area contributed by atoms with Crippen molar-refractivity contribution in [2.75, 3.05) is 5.32 Å². The molecule has 134 valence electrons. The Labute approximate surface area is 160 Å². The van der Waals surface area contributed by atoms with E-state index in [0.717, 1.165) is 23.1 Å². The van der Waals surface area contributed by atoms with Crippen LogP contribution >= 0.6 is 34.7 Å². The summed E-state index contributed by atoms with van der Waals surface area (Å²) < 4.78 is 0. The van der Waals surface area contributed by atoms with Crippen molar-refractivity contribution in [3.63, 3.8) is 0 Å². The monoisotopic (exact) mass is 409 g/mol. The number of anilines is 1. The van der Waals surface area contributed by atoms with E-state index in [2.05, 4.69) is 15.3 Å². The van der Waals surface area contributed by atoms with Gasteiger partial charge in [-0.05, 0) is 19.1 Å². The van der Waals surface area contributed by atoms with Gasteiger partial charge in [-0.15, -0.1) is 11.3 Å². The number of aromatic amines is 1. The van der Waals surface area contributed by atoms with Crippen LogP contribution in [0.5, 0.6) is 0 Å². The van der Waals surface area contributed by atoms with Crippen LogP contribution in [0.4, 0.5) is 5.69 Å². The number of para-hydroxylation sites is 1. The molecule has 3 N–H and O–H groups in total. The molecule has 0 aliphatic carbocycles. The van der Waals surface area contributed by atoms with Gasteiger partial charge in [-0.25, -0.2) is 9.78 Å². The molecule has 7 nitrogen and oxygen atoms in total. The Morgan fingerprint density at radius 1 is 1.38 bits per heavy atom. The van der Waals surface area contributed by atoms with Crippen LogP contribution in [0.25, 0.3) is 10.2 Å². The van der Waals surface area contributed by atoms with Gasteiger partial charge >= 0.3 is 5.97 Å². The number of amides is 1. The molecular formula is C16H12ClN3O4S2. The molecule has 1 amide bonds. The fraction of sp³-hybridized carbons (Fsp3) is 0.125. The number of carboxylic acid groups (broad SMARTS) is 1. The zero-order valence-electron chi connectivity index (χ0n) is 13.3. The number of aromatic nitrogens is 2. The number of nitrogens with one attached hydrogen (secondary N) is 2. The number of carbonyl (C=O) groups excluding carboxylic acids is 1. The summed E-state index contributed by atoms with van der Waals surface area (Å²) in [7, 11) is 0. The average molecular weight is 410 g/mol. The third kappa shape index (κ3) is 3.74. The lowest BCUT2D eigenvalue weighted by Crippen LogP contribution is -2.23. The highest BCUT2D eigenvalue weighted by Crippen LogP contribution is 2.27. The molecule has 0 saturated carbocycles. The van der Waals surface area contributed by atoms with Gasteiger partial charge in [0.05, 0.1) is 26.9 Å². The predicted octanol–water partition coefficient (Wildman–Crippen LogP) is 3.46. The zero-order chi connectivity index (χ0) is 18.8. The van der Waals surface area contributed by atoms with Crippen molar-refractivity contribution in [3.05, 3.63) is 50.6 Å². The van der Waals surface area contributed by atoms with Crippen LogP contribution < -0.4 is 10.9 Å². The lowest BCUT2D eigenvalue weighted by molar-refractivity contribution is -0.115. The van der Waals surface area contributed by atoms with Crippen molar-refractivity contribution in [2.45, 2.75) is 17.3 Å². The molecule has 0 aliphatic heterocycles. The van der Waals surface area contributed by atoms with E-state index in [0.29, 0.717) is 15.5 Å². The molecule has 0 radical (unpaired) electrons. The Kier molecular flexibility index (Phi) is 5.30. The number of benzene rings is 1. The highest BCUT2D eigenvalue weighted by Gasteiger charge is 2.20. The van der Waals surface area contributed by atoms with E-state index in [-0.39, 0.29) is 22.0 Å². The largest absolute Gasteiger partial charge is 0.478 e. The number of carboxylic acids is 1. The first-order valence-electron chi connectivity index (χ1n) is 7.33. The number of hydrogen-bond acceptors (Lipinski definition) is 6. The van der Waals surface area contributed by atoms with Crippen LogP contribution in [-0.4, -0.2) is 32.2 Å². The maximum absolute atomic E-state index is 12.3. The first-order chi connectivity index (χ1) is 12.4. The zero-order valence-corrected chi connectivity index (χ0v) is 15.7. The summed E-state index contributed by atoms with van der Waals surface area (Å²) in [4.78, 5) is 42.7. The van der Waals surface area contributed by atoms with E-state index >= 15 is 0 Å². The van der Waals surface area contributed by atoms with Crippen LogP contribution in [0, 0.1) is 0 Å². The number of fused-ring (bicyclic) bond motifs is 1. The van der Waals surface area contributed by atoms with Crippen molar-refractivity contribution in [1.82, 2.24) is 9.97 Å². The maximum atomic E-state index is 12.3. The van der Waals surface area contributed by atoms with Crippen molar-refractivity contribution in [1.29, 1.82) is 0 Å². The van der Waals surface area contributed by atoms with Crippen LogP contribution in [0.15, 0.2) is 39.6 Å². The second-order valence-electron chi connectivity index (χ2n) is 5.23. The number of hydrogen-bond donors (Lipinski definition) is 3. The number of nitrogens with zero attached hydrogens (tertiary/aromatic N) is 1. The number of H-pyrrole nitrogens is 1. The third-order valence-electron chi connectivity index (χ3n) is 3.44. The second kappa shape index (κ2) is 7.48. The van der Waals surface area contributed by atoms with Gasteiger partial charge in [0.25, 0.3) is 5.56 Å². The van der Waals surface area contributed by atoms with Gasteiger partial charge in [-0.2, -0.15) is 0 Å². The van der Waals surface area contributed by atoms with Gasteiger partial charge < -0.3 is 15.4 Å². The standard InChI is InChI=1S/C16H12ClN3O4S2/c1-7(12(21)18-10-5-3-2-4-9(10)17)26-16-19-13(22)11-8(15(23)24)6-25-14(11)20-16/h2-7H,1H3,(H,18,21)(H,23,24)(H,19,20,22). The Morgan fingerprint density at radius 3 is 2.81 bits per heavy atom. The number of carbonyl (C=O) groups is 2. The van der Waals surface area contributed by atoms with Crippen LogP contribution in [0.3, 0.4) is 0 Å². The van der Waals surface area contributed by atoms with Gasteiger partial charge in [0.1, 0.15) is 4.83 Å². The molecule has 26 heavy (non-hydrogen) atoms. The minimum Gasteiger partial charge on any atom is -0.478 e. The lowest BCUT2D eigenvalue weighted by Gasteiger charge is -2.12. The fourth-order valence-electron chi connectivity index (χ4n) is 2.16. The quantitative estimate of drug-likeness (QED) is 0.439. The fourth-order valence-corrected chi connectivity index (χ4v) is 4.11.